The Morgan fingerprint density at radius 2 is 2.10 bits per heavy atom. The normalized spacial score (nSPS) is 20.6. The maximum absolute atomic E-state index is 5.23. The van der Waals surface area contributed by atoms with Crippen molar-refractivity contribution in [2.24, 2.45) is 0 Å². The van der Waals surface area contributed by atoms with E-state index in [-0.39, 0.29) is 0 Å². The molecule has 2 nitrogen and oxygen atoms in total. The van der Waals surface area contributed by atoms with Crippen LogP contribution in [0.5, 0.6) is 0 Å². The van der Waals surface area contributed by atoms with Gasteiger partial charge in [0.05, 0.1) is 6.10 Å². The molecule has 0 aromatic carbocycles. The Hall–Kier alpha value is -0.680. The standard InChI is InChI=1S/C8H13NO/c1-3-9-6-4-8(10-2)5-7-9/h1,8H,4-7H2,2H3. The number of hydrogen-bond donors (Lipinski definition) is 0. The fourth-order valence-corrected chi connectivity index (χ4v) is 1.22. The van der Waals surface area contributed by atoms with Gasteiger partial charge < -0.3 is 9.64 Å². The van der Waals surface area contributed by atoms with Crippen LogP contribution in [-0.4, -0.2) is 31.2 Å². The molecule has 56 valence electrons. The Morgan fingerprint density at radius 1 is 1.50 bits per heavy atom. The summed E-state index contributed by atoms with van der Waals surface area (Å²) in [5, 5.41) is 0. The predicted molar refractivity (Wildman–Crippen MR) is 40.4 cm³/mol. The van der Waals surface area contributed by atoms with Crippen molar-refractivity contribution in [2.45, 2.75) is 18.9 Å². The van der Waals surface area contributed by atoms with Crippen LogP contribution in [-0.2, 0) is 4.74 Å². The third kappa shape index (κ3) is 1.65. The number of methoxy groups -OCH3 is 1. The fraction of sp³-hybridized carbons (Fsp3) is 0.750. The van der Waals surface area contributed by atoms with E-state index in [9.17, 15) is 0 Å². The number of ether oxygens (including phenoxy) is 1. The summed E-state index contributed by atoms with van der Waals surface area (Å²) in [6.07, 6.45) is 7.80. The zero-order valence-corrected chi connectivity index (χ0v) is 6.34. The summed E-state index contributed by atoms with van der Waals surface area (Å²) in [4.78, 5) is 2.00. The topological polar surface area (TPSA) is 12.5 Å². The molecule has 0 unspecified atom stereocenters. The number of likely N-dealkylation sites (tertiary alicyclic amines) is 1. The lowest BCUT2D eigenvalue weighted by molar-refractivity contribution is 0.0557. The number of rotatable bonds is 1. The smallest absolute Gasteiger partial charge is 0.0605 e. The molecular weight excluding hydrogens is 126 g/mol. The molecular formula is C8H13NO. The van der Waals surface area contributed by atoms with Crippen LogP contribution in [0.25, 0.3) is 0 Å². The van der Waals surface area contributed by atoms with Crippen molar-refractivity contribution in [1.82, 2.24) is 4.90 Å². The lowest BCUT2D eigenvalue weighted by Gasteiger charge is -2.27. The zero-order valence-electron chi connectivity index (χ0n) is 6.34. The van der Waals surface area contributed by atoms with E-state index in [2.05, 4.69) is 6.04 Å². The average Bonchev–Trinajstić information content (AvgIpc) is 2.05. The van der Waals surface area contributed by atoms with Gasteiger partial charge in [0.1, 0.15) is 0 Å². The van der Waals surface area contributed by atoms with Gasteiger partial charge in [0, 0.05) is 26.2 Å². The summed E-state index contributed by atoms with van der Waals surface area (Å²) in [6.45, 7) is 1.96. The van der Waals surface area contributed by atoms with Crippen molar-refractivity contribution in [3.8, 4) is 12.5 Å². The van der Waals surface area contributed by atoms with Gasteiger partial charge in [-0.3, -0.25) is 0 Å². The molecule has 1 fully saturated rings. The van der Waals surface area contributed by atoms with E-state index in [1.54, 1.807) is 7.11 Å². The summed E-state index contributed by atoms with van der Waals surface area (Å²) in [7, 11) is 1.76. The number of nitrogens with zero attached hydrogens (tertiary/aromatic N) is 1. The largest absolute Gasteiger partial charge is 0.381 e. The Morgan fingerprint density at radius 3 is 2.50 bits per heavy atom. The van der Waals surface area contributed by atoms with E-state index in [0.29, 0.717) is 6.10 Å². The third-order valence-corrected chi connectivity index (χ3v) is 1.96. The summed E-state index contributed by atoms with van der Waals surface area (Å²) in [6, 6.07) is 2.63. The summed E-state index contributed by atoms with van der Waals surface area (Å²) < 4.78 is 5.19. The van der Waals surface area contributed by atoms with Crippen LogP contribution in [0.15, 0.2) is 0 Å². The summed E-state index contributed by atoms with van der Waals surface area (Å²) in [5.41, 5.74) is 0. The summed E-state index contributed by atoms with van der Waals surface area (Å²) >= 11 is 0. The van der Waals surface area contributed by atoms with E-state index in [4.69, 9.17) is 11.2 Å². The second kappa shape index (κ2) is 3.48. The Labute approximate surface area is 62.2 Å². The molecule has 1 aliphatic rings. The molecule has 0 N–H and O–H groups in total. The van der Waals surface area contributed by atoms with Crippen LogP contribution < -0.4 is 0 Å². The Kier molecular flexibility index (Phi) is 2.58. The molecule has 0 radical (unpaired) electrons. The van der Waals surface area contributed by atoms with Crippen molar-refractivity contribution in [1.29, 1.82) is 0 Å². The molecule has 1 aliphatic heterocycles. The van der Waals surface area contributed by atoms with Crippen LogP contribution in [0.1, 0.15) is 12.8 Å². The highest BCUT2D eigenvalue weighted by Crippen LogP contribution is 2.11. The van der Waals surface area contributed by atoms with Gasteiger partial charge in [0.15, 0.2) is 0 Å². The van der Waals surface area contributed by atoms with Gasteiger partial charge in [-0.05, 0) is 12.8 Å². The molecule has 0 aromatic heterocycles. The maximum Gasteiger partial charge on any atom is 0.0605 e. The molecule has 0 saturated carbocycles. The third-order valence-electron chi connectivity index (χ3n) is 1.96. The molecule has 10 heavy (non-hydrogen) atoms. The maximum atomic E-state index is 5.23. The highest BCUT2D eigenvalue weighted by molar-refractivity contribution is 4.88. The minimum atomic E-state index is 0.435. The predicted octanol–water partition coefficient (Wildman–Crippen LogP) is 0.688. The van der Waals surface area contributed by atoms with Crippen LogP contribution in [0.4, 0.5) is 0 Å². The van der Waals surface area contributed by atoms with E-state index in [1.165, 1.54) is 0 Å². The lowest BCUT2D eigenvalue weighted by atomic mass is 10.1. The first-order valence-electron chi connectivity index (χ1n) is 3.61. The molecule has 0 bridgehead atoms. The van der Waals surface area contributed by atoms with Crippen LogP contribution in [0, 0.1) is 12.5 Å². The van der Waals surface area contributed by atoms with E-state index in [0.717, 1.165) is 25.9 Å². The van der Waals surface area contributed by atoms with Crippen molar-refractivity contribution in [3.63, 3.8) is 0 Å². The number of piperidine rings is 1. The van der Waals surface area contributed by atoms with Crippen molar-refractivity contribution in [3.05, 3.63) is 0 Å². The van der Waals surface area contributed by atoms with Crippen molar-refractivity contribution >= 4 is 0 Å². The highest BCUT2D eigenvalue weighted by Gasteiger charge is 2.15. The van der Waals surface area contributed by atoms with Crippen LogP contribution in [0.3, 0.4) is 0 Å². The molecule has 2 heteroatoms. The minimum absolute atomic E-state index is 0.435. The Bertz CT molecular complexity index is 131. The summed E-state index contributed by atoms with van der Waals surface area (Å²) in [5.74, 6) is 0. The lowest BCUT2D eigenvalue weighted by Crippen LogP contribution is -2.33. The quantitative estimate of drug-likeness (QED) is 0.495. The first-order chi connectivity index (χ1) is 4.86. The van der Waals surface area contributed by atoms with Gasteiger partial charge >= 0.3 is 0 Å². The molecule has 0 aliphatic carbocycles. The van der Waals surface area contributed by atoms with Crippen molar-refractivity contribution < 1.29 is 4.74 Å². The van der Waals surface area contributed by atoms with E-state index >= 15 is 0 Å². The monoisotopic (exact) mass is 139 g/mol. The van der Waals surface area contributed by atoms with Gasteiger partial charge in [-0.2, -0.15) is 0 Å². The van der Waals surface area contributed by atoms with Gasteiger partial charge in [0.2, 0.25) is 0 Å². The molecule has 1 rings (SSSR count). The van der Waals surface area contributed by atoms with Gasteiger partial charge in [-0.15, -0.1) is 0 Å². The second-order valence-corrected chi connectivity index (χ2v) is 2.55. The first kappa shape index (κ1) is 7.43. The fourth-order valence-electron chi connectivity index (χ4n) is 1.22. The van der Waals surface area contributed by atoms with Gasteiger partial charge in [-0.1, -0.05) is 6.42 Å². The van der Waals surface area contributed by atoms with Crippen LogP contribution in [0.2, 0.25) is 0 Å². The Balaban J connectivity index is 2.25. The van der Waals surface area contributed by atoms with E-state index in [1.807, 2.05) is 4.90 Å². The second-order valence-electron chi connectivity index (χ2n) is 2.55. The molecule has 0 aromatic rings. The molecule has 1 saturated heterocycles. The minimum Gasteiger partial charge on any atom is -0.381 e. The van der Waals surface area contributed by atoms with E-state index < -0.39 is 0 Å². The molecule has 1 heterocycles. The number of terminal acetylenes is 1. The first-order valence-corrected chi connectivity index (χ1v) is 3.61. The molecule has 0 atom stereocenters. The SMILES string of the molecule is C#CN1CCC(OC)CC1. The van der Waals surface area contributed by atoms with Gasteiger partial charge in [-0.25, -0.2) is 0 Å². The number of hydrogen-bond acceptors (Lipinski definition) is 2. The van der Waals surface area contributed by atoms with Crippen LogP contribution >= 0.6 is 0 Å². The highest BCUT2D eigenvalue weighted by atomic mass is 16.5. The van der Waals surface area contributed by atoms with Crippen molar-refractivity contribution in [2.75, 3.05) is 20.2 Å². The average molecular weight is 139 g/mol. The molecule has 0 spiro atoms. The van der Waals surface area contributed by atoms with Gasteiger partial charge in [0.25, 0.3) is 0 Å². The zero-order chi connectivity index (χ0) is 7.40. The molecule has 0 amide bonds.